The number of imide groups is 2. The molecule has 3 aromatic rings. The van der Waals surface area contributed by atoms with Gasteiger partial charge in [-0.25, -0.2) is 14.5 Å². The third-order valence-corrected chi connectivity index (χ3v) is 5.63. The highest BCUT2D eigenvalue weighted by Gasteiger charge is 2.36. The molecule has 2 N–H and O–H groups in total. The smallest absolute Gasteiger partial charge is 0.337 e. The zero-order valence-electron chi connectivity index (χ0n) is 20.5. The summed E-state index contributed by atoms with van der Waals surface area (Å²) in [4.78, 5) is 62.5. The number of aryl methyl sites for hydroxylation is 1. The lowest BCUT2D eigenvalue weighted by Gasteiger charge is -2.26. The van der Waals surface area contributed by atoms with Crippen molar-refractivity contribution in [3.63, 3.8) is 0 Å². The Labute approximate surface area is 217 Å². The van der Waals surface area contributed by atoms with Crippen molar-refractivity contribution in [2.45, 2.75) is 6.92 Å². The van der Waals surface area contributed by atoms with Gasteiger partial charge in [-0.05, 0) is 66.6 Å². The van der Waals surface area contributed by atoms with Crippen LogP contribution in [0.4, 0.5) is 16.2 Å². The van der Waals surface area contributed by atoms with E-state index in [2.05, 4.69) is 15.4 Å². The Kier molecular flexibility index (Phi) is 7.62. The Morgan fingerprint density at radius 1 is 0.947 bits per heavy atom. The summed E-state index contributed by atoms with van der Waals surface area (Å²) >= 11 is 0. The van der Waals surface area contributed by atoms with Crippen molar-refractivity contribution >= 4 is 47.2 Å². The predicted molar refractivity (Wildman–Crippen MR) is 139 cm³/mol. The van der Waals surface area contributed by atoms with Crippen molar-refractivity contribution < 1.29 is 33.4 Å². The molecule has 10 heteroatoms. The van der Waals surface area contributed by atoms with Crippen molar-refractivity contribution in [3.05, 3.63) is 95.1 Å². The second kappa shape index (κ2) is 11.2. The first-order valence-corrected chi connectivity index (χ1v) is 11.4. The second-order valence-corrected chi connectivity index (χ2v) is 8.22. The van der Waals surface area contributed by atoms with E-state index in [0.717, 1.165) is 10.5 Å². The highest BCUT2D eigenvalue weighted by molar-refractivity contribution is 6.39. The number of carbonyl (C=O) groups excluding carboxylic acids is 5. The van der Waals surface area contributed by atoms with Crippen LogP contribution >= 0.6 is 0 Å². The molecule has 0 bridgehead atoms. The van der Waals surface area contributed by atoms with Crippen molar-refractivity contribution in [3.8, 4) is 5.75 Å². The fourth-order valence-electron chi connectivity index (χ4n) is 3.63. The molecular formula is C28H23N3O7. The lowest BCUT2D eigenvalue weighted by molar-refractivity contribution is -0.122. The number of nitrogens with zero attached hydrogens (tertiary/aromatic N) is 1. The average Bonchev–Trinajstić information content (AvgIpc) is 2.91. The molecule has 5 amide bonds. The maximum Gasteiger partial charge on any atom is 0.337 e. The number of esters is 1. The summed E-state index contributed by atoms with van der Waals surface area (Å²) in [5, 5.41) is 4.92. The molecule has 10 nitrogen and oxygen atoms in total. The van der Waals surface area contributed by atoms with Crippen molar-refractivity contribution in [1.82, 2.24) is 5.32 Å². The number of benzene rings is 3. The van der Waals surface area contributed by atoms with Crippen LogP contribution in [-0.2, 0) is 19.1 Å². The molecule has 1 fully saturated rings. The fourth-order valence-corrected chi connectivity index (χ4v) is 3.63. The van der Waals surface area contributed by atoms with Crippen LogP contribution in [0.3, 0.4) is 0 Å². The topological polar surface area (TPSA) is 131 Å². The Hall–Kier alpha value is -5.25. The van der Waals surface area contributed by atoms with Crippen LogP contribution in [0.5, 0.6) is 5.75 Å². The molecule has 0 atom stereocenters. The number of urea groups is 1. The maximum absolute atomic E-state index is 13.1. The van der Waals surface area contributed by atoms with Crippen LogP contribution in [0.2, 0.25) is 0 Å². The van der Waals surface area contributed by atoms with E-state index in [9.17, 15) is 24.0 Å². The quantitative estimate of drug-likeness (QED) is 0.281. The molecule has 1 heterocycles. The molecule has 3 aromatic carbocycles. The number of hydrogen-bond donors (Lipinski definition) is 2. The van der Waals surface area contributed by atoms with Gasteiger partial charge in [0.2, 0.25) is 0 Å². The Bertz CT molecular complexity index is 1440. The van der Waals surface area contributed by atoms with Crippen LogP contribution in [0.25, 0.3) is 6.08 Å². The summed E-state index contributed by atoms with van der Waals surface area (Å²) in [5.74, 6) is -2.14. The summed E-state index contributed by atoms with van der Waals surface area (Å²) in [5.41, 5.74) is 2.28. The van der Waals surface area contributed by atoms with Crippen LogP contribution < -0.4 is 20.3 Å². The third-order valence-electron chi connectivity index (χ3n) is 5.63. The molecule has 0 unspecified atom stereocenters. The largest absolute Gasteiger partial charge is 0.484 e. The highest BCUT2D eigenvalue weighted by Crippen LogP contribution is 2.23. The Balaban J connectivity index is 1.44. The van der Waals surface area contributed by atoms with E-state index in [1.807, 2.05) is 25.1 Å². The number of anilines is 2. The van der Waals surface area contributed by atoms with E-state index < -0.39 is 23.8 Å². The first kappa shape index (κ1) is 25.8. The summed E-state index contributed by atoms with van der Waals surface area (Å²) in [6, 6.07) is 18.5. The van der Waals surface area contributed by atoms with Crippen LogP contribution in [0, 0.1) is 6.92 Å². The summed E-state index contributed by atoms with van der Waals surface area (Å²) < 4.78 is 10.2. The SMILES string of the molecule is COC(=O)c1ccc(N2C(=O)NC(=O)/C(=C/c3ccc(OCC(=O)Nc4ccccc4C)cc3)C2=O)cc1. The van der Waals surface area contributed by atoms with Gasteiger partial charge in [0, 0.05) is 5.69 Å². The van der Waals surface area contributed by atoms with E-state index in [-0.39, 0.29) is 29.3 Å². The molecule has 4 rings (SSSR count). The molecule has 0 radical (unpaired) electrons. The van der Waals surface area contributed by atoms with Crippen LogP contribution in [0.15, 0.2) is 78.4 Å². The number of rotatable bonds is 7. The first-order chi connectivity index (χ1) is 18.3. The van der Waals surface area contributed by atoms with Gasteiger partial charge in [0.05, 0.1) is 18.4 Å². The van der Waals surface area contributed by atoms with Gasteiger partial charge in [0.1, 0.15) is 11.3 Å². The molecular weight excluding hydrogens is 490 g/mol. The fraction of sp³-hybridized carbons (Fsp3) is 0.107. The molecule has 0 aliphatic carbocycles. The number of hydrogen-bond acceptors (Lipinski definition) is 7. The number of methoxy groups -OCH3 is 1. The predicted octanol–water partition coefficient (Wildman–Crippen LogP) is 3.47. The van der Waals surface area contributed by atoms with Gasteiger partial charge >= 0.3 is 12.0 Å². The van der Waals surface area contributed by atoms with Gasteiger partial charge in [0.25, 0.3) is 17.7 Å². The minimum atomic E-state index is -0.907. The van der Waals surface area contributed by atoms with Gasteiger partial charge in [-0.3, -0.25) is 19.7 Å². The molecule has 0 aromatic heterocycles. The lowest BCUT2D eigenvalue weighted by atomic mass is 10.1. The standard InChI is InChI=1S/C28H23N3O7/c1-17-5-3-4-6-23(17)29-24(32)16-38-21-13-7-18(8-14-21)15-22-25(33)30-28(36)31(26(22)34)20-11-9-19(10-12-20)27(35)37-2/h3-15H,16H2,1-2H3,(H,29,32)(H,30,33,36)/b22-15-. The molecule has 192 valence electrons. The van der Waals surface area contributed by atoms with Crippen LogP contribution in [-0.4, -0.2) is 43.4 Å². The molecule has 0 spiro atoms. The number of carbonyl (C=O) groups is 5. The molecule has 0 saturated carbocycles. The van der Waals surface area contributed by atoms with E-state index >= 15 is 0 Å². The van der Waals surface area contributed by atoms with Crippen molar-refractivity contribution in [2.75, 3.05) is 23.9 Å². The maximum atomic E-state index is 13.1. The number of ether oxygens (including phenoxy) is 2. The van der Waals surface area contributed by atoms with Gasteiger partial charge in [-0.2, -0.15) is 0 Å². The van der Waals surface area contributed by atoms with E-state index in [1.165, 1.54) is 37.5 Å². The molecule has 38 heavy (non-hydrogen) atoms. The first-order valence-electron chi connectivity index (χ1n) is 11.4. The van der Waals surface area contributed by atoms with E-state index in [4.69, 9.17) is 4.74 Å². The monoisotopic (exact) mass is 513 g/mol. The van der Waals surface area contributed by atoms with Crippen LogP contribution in [0.1, 0.15) is 21.5 Å². The minimum absolute atomic E-state index is 0.172. The zero-order valence-corrected chi connectivity index (χ0v) is 20.5. The third kappa shape index (κ3) is 5.76. The van der Waals surface area contributed by atoms with Crippen molar-refractivity contribution in [1.29, 1.82) is 0 Å². The summed E-state index contributed by atoms with van der Waals surface area (Å²) in [7, 11) is 1.24. The number of amides is 5. The average molecular weight is 514 g/mol. The number of para-hydroxylation sites is 1. The van der Waals surface area contributed by atoms with E-state index in [1.54, 1.807) is 30.3 Å². The minimum Gasteiger partial charge on any atom is -0.484 e. The normalized spacial score (nSPS) is 14.2. The van der Waals surface area contributed by atoms with Gasteiger partial charge in [-0.15, -0.1) is 0 Å². The van der Waals surface area contributed by atoms with E-state index in [0.29, 0.717) is 17.0 Å². The number of nitrogens with one attached hydrogen (secondary N) is 2. The summed E-state index contributed by atoms with van der Waals surface area (Å²) in [6.45, 7) is 1.68. The Morgan fingerprint density at radius 3 is 2.29 bits per heavy atom. The molecule has 1 saturated heterocycles. The molecule has 1 aliphatic rings. The zero-order chi connectivity index (χ0) is 27.2. The van der Waals surface area contributed by atoms with Gasteiger partial charge in [0.15, 0.2) is 6.61 Å². The number of barbiturate groups is 1. The van der Waals surface area contributed by atoms with Gasteiger partial charge < -0.3 is 14.8 Å². The molecule has 1 aliphatic heterocycles. The Morgan fingerprint density at radius 2 is 1.63 bits per heavy atom. The lowest BCUT2D eigenvalue weighted by Crippen LogP contribution is -2.54. The summed E-state index contributed by atoms with van der Waals surface area (Å²) in [6.07, 6.45) is 1.34. The highest BCUT2D eigenvalue weighted by atomic mass is 16.5. The van der Waals surface area contributed by atoms with Crippen molar-refractivity contribution in [2.24, 2.45) is 0 Å². The second-order valence-electron chi connectivity index (χ2n) is 8.22. The van der Waals surface area contributed by atoms with Gasteiger partial charge in [-0.1, -0.05) is 30.3 Å².